The van der Waals surface area contributed by atoms with Gasteiger partial charge in [0, 0.05) is 0 Å². The Hall–Kier alpha value is 0.0169. The zero-order chi connectivity index (χ0) is 9.95. The Morgan fingerprint density at radius 2 is 1.85 bits per heavy atom. The van der Waals surface area contributed by atoms with Crippen molar-refractivity contribution in [3.8, 4) is 6.07 Å². The molecular weight excluding hydrogens is 198 g/mol. The third-order valence-corrected chi connectivity index (χ3v) is 3.99. The molecule has 0 aromatic rings. The lowest BCUT2D eigenvalue weighted by atomic mass is 9.99. The molecular formula is C9H17NOSSi. The second kappa shape index (κ2) is 4.03. The van der Waals surface area contributed by atoms with Gasteiger partial charge < -0.3 is 4.43 Å². The molecule has 0 N–H and O–H groups in total. The smallest absolute Gasteiger partial charge is 0.185 e. The lowest BCUT2D eigenvalue weighted by Gasteiger charge is -2.36. The summed E-state index contributed by atoms with van der Waals surface area (Å²) in [6.45, 7) is 6.44. The lowest BCUT2D eigenvalue weighted by molar-refractivity contribution is 0.110. The zero-order valence-corrected chi connectivity index (χ0v) is 10.4. The summed E-state index contributed by atoms with van der Waals surface area (Å²) in [5.74, 6) is 2.13. The summed E-state index contributed by atoms with van der Waals surface area (Å²) in [7, 11) is -1.57. The van der Waals surface area contributed by atoms with E-state index in [1.54, 1.807) is 0 Å². The van der Waals surface area contributed by atoms with Crippen molar-refractivity contribution >= 4 is 20.1 Å². The van der Waals surface area contributed by atoms with Crippen LogP contribution in [-0.2, 0) is 4.43 Å². The second-order valence-electron chi connectivity index (χ2n) is 4.43. The fourth-order valence-electron chi connectivity index (χ4n) is 1.52. The maximum Gasteiger partial charge on any atom is 0.185 e. The van der Waals surface area contributed by atoms with E-state index in [2.05, 4.69) is 25.7 Å². The third kappa shape index (κ3) is 3.33. The average Bonchev–Trinajstić information content (AvgIpc) is 2.03. The molecule has 13 heavy (non-hydrogen) atoms. The van der Waals surface area contributed by atoms with E-state index in [0.29, 0.717) is 0 Å². The largest absolute Gasteiger partial charge is 0.400 e. The molecule has 0 bridgehead atoms. The fraction of sp³-hybridized carbons (Fsp3) is 0.889. The molecule has 0 unspecified atom stereocenters. The molecule has 4 heteroatoms. The zero-order valence-electron chi connectivity index (χ0n) is 8.59. The van der Waals surface area contributed by atoms with Gasteiger partial charge in [-0.05, 0) is 44.0 Å². The number of hydrogen-bond acceptors (Lipinski definition) is 3. The van der Waals surface area contributed by atoms with Gasteiger partial charge in [-0.1, -0.05) is 0 Å². The van der Waals surface area contributed by atoms with Gasteiger partial charge >= 0.3 is 0 Å². The van der Waals surface area contributed by atoms with Gasteiger partial charge in [0.05, 0.1) is 6.07 Å². The standard InChI is InChI=1S/C9H17NOSSi/c1-13(2,3)11-9(8-10)4-6-12-7-5-9/h4-7H2,1-3H3. The molecule has 74 valence electrons. The number of thioether (sulfide) groups is 1. The summed E-state index contributed by atoms with van der Waals surface area (Å²) >= 11 is 1.92. The fourth-order valence-corrected chi connectivity index (χ4v) is 4.10. The highest BCUT2D eigenvalue weighted by molar-refractivity contribution is 7.99. The third-order valence-electron chi connectivity index (χ3n) is 2.01. The van der Waals surface area contributed by atoms with Crippen LogP contribution in [0.15, 0.2) is 0 Å². The summed E-state index contributed by atoms with van der Waals surface area (Å²) < 4.78 is 5.98. The molecule has 1 fully saturated rings. The molecule has 1 saturated heterocycles. The van der Waals surface area contributed by atoms with E-state index in [4.69, 9.17) is 9.69 Å². The molecule has 0 aromatic carbocycles. The average molecular weight is 215 g/mol. The van der Waals surface area contributed by atoms with Gasteiger partial charge in [-0.15, -0.1) is 0 Å². The van der Waals surface area contributed by atoms with Crippen LogP contribution in [0.5, 0.6) is 0 Å². The van der Waals surface area contributed by atoms with Crippen molar-refractivity contribution in [3.05, 3.63) is 0 Å². The van der Waals surface area contributed by atoms with Crippen LogP contribution in [-0.4, -0.2) is 25.4 Å². The normalized spacial score (nSPS) is 22.3. The van der Waals surface area contributed by atoms with Gasteiger partial charge in [0.15, 0.2) is 8.32 Å². The van der Waals surface area contributed by atoms with Crippen molar-refractivity contribution in [2.45, 2.75) is 38.1 Å². The van der Waals surface area contributed by atoms with Gasteiger partial charge in [0.2, 0.25) is 0 Å². The molecule has 2 nitrogen and oxygen atoms in total. The molecule has 0 aliphatic carbocycles. The van der Waals surface area contributed by atoms with Gasteiger partial charge in [-0.2, -0.15) is 17.0 Å². The Balaban J connectivity index is 2.65. The minimum absolute atomic E-state index is 0.449. The maximum absolute atomic E-state index is 9.14. The van der Waals surface area contributed by atoms with Crippen molar-refractivity contribution in [2.24, 2.45) is 0 Å². The molecule has 1 rings (SSSR count). The topological polar surface area (TPSA) is 33.0 Å². The van der Waals surface area contributed by atoms with Crippen LogP contribution in [0.4, 0.5) is 0 Å². The van der Waals surface area contributed by atoms with Crippen LogP contribution < -0.4 is 0 Å². The highest BCUT2D eigenvalue weighted by Crippen LogP contribution is 2.32. The number of hydrogen-bond donors (Lipinski definition) is 0. The summed E-state index contributed by atoms with van der Waals surface area (Å²) in [6, 6.07) is 2.37. The van der Waals surface area contributed by atoms with E-state index < -0.39 is 13.9 Å². The molecule has 0 amide bonds. The van der Waals surface area contributed by atoms with Crippen molar-refractivity contribution in [1.82, 2.24) is 0 Å². The Bertz CT molecular complexity index is 213. The first-order chi connectivity index (χ1) is 5.97. The summed E-state index contributed by atoms with van der Waals surface area (Å²) in [6.07, 6.45) is 1.80. The Morgan fingerprint density at radius 1 is 1.31 bits per heavy atom. The predicted octanol–water partition coefficient (Wildman–Crippen LogP) is 2.63. The predicted molar refractivity (Wildman–Crippen MR) is 59.3 cm³/mol. The van der Waals surface area contributed by atoms with Gasteiger partial charge in [-0.25, -0.2) is 0 Å². The van der Waals surface area contributed by atoms with Crippen LogP contribution >= 0.6 is 11.8 Å². The van der Waals surface area contributed by atoms with Crippen molar-refractivity contribution in [1.29, 1.82) is 5.26 Å². The van der Waals surface area contributed by atoms with Crippen LogP contribution in [0, 0.1) is 11.3 Å². The minimum atomic E-state index is -1.57. The number of nitrogens with zero attached hydrogens (tertiary/aromatic N) is 1. The van der Waals surface area contributed by atoms with Gasteiger partial charge in [0.25, 0.3) is 0 Å². The number of rotatable bonds is 2. The molecule has 1 aliphatic rings. The molecule has 1 aliphatic heterocycles. The first-order valence-electron chi connectivity index (χ1n) is 4.67. The highest BCUT2D eigenvalue weighted by Gasteiger charge is 2.37. The second-order valence-corrected chi connectivity index (χ2v) is 10.1. The molecule has 0 saturated carbocycles. The monoisotopic (exact) mass is 215 g/mol. The summed E-state index contributed by atoms with van der Waals surface area (Å²) in [5.41, 5.74) is -0.449. The van der Waals surface area contributed by atoms with Crippen LogP contribution in [0.3, 0.4) is 0 Å². The first-order valence-corrected chi connectivity index (χ1v) is 9.23. The molecule has 0 aromatic heterocycles. The van der Waals surface area contributed by atoms with Crippen LogP contribution in [0.2, 0.25) is 19.6 Å². The van der Waals surface area contributed by atoms with Crippen molar-refractivity contribution in [2.75, 3.05) is 11.5 Å². The van der Waals surface area contributed by atoms with Gasteiger partial charge in [0.1, 0.15) is 5.60 Å². The molecule has 0 spiro atoms. The molecule has 1 heterocycles. The van der Waals surface area contributed by atoms with E-state index in [-0.39, 0.29) is 0 Å². The van der Waals surface area contributed by atoms with Gasteiger partial charge in [-0.3, -0.25) is 0 Å². The Kier molecular flexibility index (Phi) is 3.44. The van der Waals surface area contributed by atoms with E-state index in [1.807, 2.05) is 11.8 Å². The van der Waals surface area contributed by atoms with E-state index in [0.717, 1.165) is 24.3 Å². The molecule has 0 radical (unpaired) electrons. The lowest BCUT2D eigenvalue weighted by Crippen LogP contribution is -2.44. The maximum atomic E-state index is 9.14. The van der Waals surface area contributed by atoms with Crippen molar-refractivity contribution in [3.63, 3.8) is 0 Å². The van der Waals surface area contributed by atoms with Crippen molar-refractivity contribution < 1.29 is 4.43 Å². The van der Waals surface area contributed by atoms with Crippen LogP contribution in [0.1, 0.15) is 12.8 Å². The summed E-state index contributed by atoms with van der Waals surface area (Å²) in [4.78, 5) is 0. The Morgan fingerprint density at radius 3 is 2.23 bits per heavy atom. The SMILES string of the molecule is C[Si](C)(C)OC1(C#N)CCSCC1. The first kappa shape index (κ1) is 11.1. The van der Waals surface area contributed by atoms with E-state index >= 15 is 0 Å². The highest BCUT2D eigenvalue weighted by atomic mass is 32.2. The quantitative estimate of drug-likeness (QED) is 0.664. The summed E-state index contributed by atoms with van der Waals surface area (Å²) in [5, 5.41) is 9.14. The van der Waals surface area contributed by atoms with E-state index in [9.17, 15) is 0 Å². The number of nitriles is 1. The van der Waals surface area contributed by atoms with E-state index in [1.165, 1.54) is 0 Å². The Labute approximate surface area is 85.8 Å². The minimum Gasteiger partial charge on any atom is -0.400 e. The molecule has 0 atom stereocenters. The van der Waals surface area contributed by atoms with Crippen LogP contribution in [0.25, 0.3) is 0 Å².